The molecule has 0 radical (unpaired) electrons. The van der Waals surface area contributed by atoms with Crippen molar-refractivity contribution in [1.29, 1.82) is 0 Å². The third-order valence-electron chi connectivity index (χ3n) is 3.04. The van der Waals surface area contributed by atoms with E-state index in [4.69, 9.17) is 4.74 Å². The maximum Gasteiger partial charge on any atom is 0.0594 e. The fourth-order valence-corrected chi connectivity index (χ4v) is 2.13. The molecule has 0 atom stereocenters. The summed E-state index contributed by atoms with van der Waals surface area (Å²) in [5.41, 5.74) is 4.12. The van der Waals surface area contributed by atoms with Crippen LogP contribution in [0, 0.1) is 13.8 Å². The van der Waals surface area contributed by atoms with Gasteiger partial charge in [0, 0.05) is 31.0 Å². The normalized spacial score (nSPS) is 11.4. The molecule has 0 saturated heterocycles. The van der Waals surface area contributed by atoms with E-state index in [0.717, 1.165) is 26.2 Å². The third kappa shape index (κ3) is 4.17. The highest BCUT2D eigenvalue weighted by Crippen LogP contribution is 2.14. The van der Waals surface area contributed by atoms with Gasteiger partial charge in [-0.15, -0.1) is 0 Å². The van der Waals surface area contributed by atoms with E-state index < -0.39 is 0 Å². The van der Waals surface area contributed by atoms with Crippen LogP contribution in [0.4, 0.5) is 0 Å². The molecule has 0 fully saturated rings. The number of rotatable bonds is 7. The molecule has 1 aromatic heterocycles. The molecule has 17 heavy (non-hydrogen) atoms. The van der Waals surface area contributed by atoms with Crippen molar-refractivity contribution >= 4 is 0 Å². The molecular weight excluding hydrogens is 212 g/mol. The standard InChI is InChI=1S/C14H26N2O/c1-6-16-12(4)9-14(13(16)5)10-15-7-8-17-11(2)3/h9,11,15H,6-8,10H2,1-5H3. The van der Waals surface area contributed by atoms with Gasteiger partial charge in [-0.3, -0.25) is 0 Å². The lowest BCUT2D eigenvalue weighted by atomic mass is 10.2. The van der Waals surface area contributed by atoms with E-state index in [1.807, 2.05) is 0 Å². The number of nitrogens with zero attached hydrogens (tertiary/aromatic N) is 1. The van der Waals surface area contributed by atoms with Crippen molar-refractivity contribution in [3.63, 3.8) is 0 Å². The maximum atomic E-state index is 5.49. The second kappa shape index (κ2) is 6.82. The zero-order chi connectivity index (χ0) is 12.8. The van der Waals surface area contributed by atoms with E-state index >= 15 is 0 Å². The maximum absolute atomic E-state index is 5.49. The summed E-state index contributed by atoms with van der Waals surface area (Å²) in [5.74, 6) is 0. The fraction of sp³-hybridized carbons (Fsp3) is 0.714. The van der Waals surface area contributed by atoms with Crippen molar-refractivity contribution in [2.45, 2.75) is 53.8 Å². The Morgan fingerprint density at radius 3 is 2.59 bits per heavy atom. The first-order chi connectivity index (χ1) is 8.06. The van der Waals surface area contributed by atoms with Crippen LogP contribution < -0.4 is 5.32 Å². The quantitative estimate of drug-likeness (QED) is 0.739. The van der Waals surface area contributed by atoms with Crippen LogP contribution in [-0.4, -0.2) is 23.8 Å². The monoisotopic (exact) mass is 238 g/mol. The van der Waals surface area contributed by atoms with Gasteiger partial charge in [-0.1, -0.05) is 0 Å². The Morgan fingerprint density at radius 1 is 1.35 bits per heavy atom. The number of aromatic nitrogens is 1. The van der Waals surface area contributed by atoms with E-state index in [2.05, 4.69) is 50.6 Å². The molecule has 3 heteroatoms. The van der Waals surface area contributed by atoms with Crippen LogP contribution in [0.3, 0.4) is 0 Å². The van der Waals surface area contributed by atoms with Gasteiger partial charge in [0.25, 0.3) is 0 Å². The lowest BCUT2D eigenvalue weighted by Crippen LogP contribution is -2.21. The third-order valence-corrected chi connectivity index (χ3v) is 3.04. The van der Waals surface area contributed by atoms with Crippen LogP contribution in [0.5, 0.6) is 0 Å². The van der Waals surface area contributed by atoms with Crippen molar-refractivity contribution < 1.29 is 4.74 Å². The van der Waals surface area contributed by atoms with Gasteiger partial charge in [-0.25, -0.2) is 0 Å². The zero-order valence-corrected chi connectivity index (χ0v) is 11.8. The largest absolute Gasteiger partial charge is 0.377 e. The van der Waals surface area contributed by atoms with Crippen LogP contribution in [0.2, 0.25) is 0 Å². The molecule has 0 aliphatic heterocycles. The summed E-state index contributed by atoms with van der Waals surface area (Å²) in [7, 11) is 0. The van der Waals surface area contributed by atoms with E-state index in [1.54, 1.807) is 0 Å². The second-order valence-corrected chi connectivity index (χ2v) is 4.74. The molecule has 0 spiro atoms. The predicted octanol–water partition coefficient (Wildman–Crippen LogP) is 2.64. The van der Waals surface area contributed by atoms with Gasteiger partial charge >= 0.3 is 0 Å². The van der Waals surface area contributed by atoms with Crippen LogP contribution in [0.1, 0.15) is 37.7 Å². The SMILES string of the molecule is CCn1c(C)cc(CNCCOC(C)C)c1C. The molecule has 0 saturated carbocycles. The van der Waals surface area contributed by atoms with Crippen LogP contribution in [0.15, 0.2) is 6.07 Å². The molecule has 0 aromatic carbocycles. The van der Waals surface area contributed by atoms with Crippen molar-refractivity contribution in [3.8, 4) is 0 Å². The molecule has 0 aliphatic rings. The smallest absolute Gasteiger partial charge is 0.0594 e. The van der Waals surface area contributed by atoms with Gasteiger partial charge in [0.05, 0.1) is 12.7 Å². The first kappa shape index (κ1) is 14.3. The molecule has 98 valence electrons. The Hall–Kier alpha value is -0.800. The molecule has 0 aliphatic carbocycles. The first-order valence-corrected chi connectivity index (χ1v) is 6.54. The van der Waals surface area contributed by atoms with E-state index in [1.165, 1.54) is 17.0 Å². The molecule has 1 aromatic rings. The van der Waals surface area contributed by atoms with Gasteiger partial charge in [0.15, 0.2) is 0 Å². The Morgan fingerprint density at radius 2 is 2.06 bits per heavy atom. The van der Waals surface area contributed by atoms with Crippen molar-refractivity contribution in [1.82, 2.24) is 9.88 Å². The lowest BCUT2D eigenvalue weighted by molar-refractivity contribution is 0.0807. The topological polar surface area (TPSA) is 26.2 Å². The number of aryl methyl sites for hydroxylation is 1. The van der Waals surface area contributed by atoms with Gasteiger partial charge in [-0.05, 0) is 46.2 Å². The second-order valence-electron chi connectivity index (χ2n) is 4.74. The van der Waals surface area contributed by atoms with Crippen LogP contribution in [0.25, 0.3) is 0 Å². The minimum Gasteiger partial charge on any atom is -0.377 e. The minimum atomic E-state index is 0.321. The average molecular weight is 238 g/mol. The van der Waals surface area contributed by atoms with Crippen molar-refractivity contribution in [3.05, 3.63) is 23.0 Å². The van der Waals surface area contributed by atoms with Gasteiger partial charge in [0.1, 0.15) is 0 Å². The van der Waals surface area contributed by atoms with Gasteiger partial charge in [-0.2, -0.15) is 0 Å². The molecule has 0 bridgehead atoms. The lowest BCUT2D eigenvalue weighted by Gasteiger charge is -2.09. The highest BCUT2D eigenvalue weighted by Gasteiger charge is 2.06. The van der Waals surface area contributed by atoms with E-state index in [9.17, 15) is 0 Å². The van der Waals surface area contributed by atoms with E-state index in [-0.39, 0.29) is 0 Å². The number of ether oxygens (including phenoxy) is 1. The number of nitrogens with one attached hydrogen (secondary N) is 1. The van der Waals surface area contributed by atoms with Crippen LogP contribution >= 0.6 is 0 Å². The number of hydrogen-bond acceptors (Lipinski definition) is 2. The Bertz CT molecular complexity index is 342. The molecule has 0 amide bonds. The van der Waals surface area contributed by atoms with Gasteiger partial charge in [0.2, 0.25) is 0 Å². The Labute approximate surface area is 105 Å². The summed E-state index contributed by atoms with van der Waals surface area (Å²) in [5, 5.41) is 3.42. The van der Waals surface area contributed by atoms with E-state index in [0.29, 0.717) is 6.10 Å². The first-order valence-electron chi connectivity index (χ1n) is 6.54. The molecule has 0 unspecified atom stereocenters. The van der Waals surface area contributed by atoms with Crippen molar-refractivity contribution in [2.24, 2.45) is 0 Å². The summed E-state index contributed by atoms with van der Waals surface area (Å²) >= 11 is 0. The van der Waals surface area contributed by atoms with Crippen molar-refractivity contribution in [2.75, 3.05) is 13.2 Å². The summed E-state index contributed by atoms with van der Waals surface area (Å²) in [6.45, 7) is 14.4. The highest BCUT2D eigenvalue weighted by molar-refractivity contribution is 5.26. The summed E-state index contributed by atoms with van der Waals surface area (Å²) in [6.07, 6.45) is 0.321. The van der Waals surface area contributed by atoms with Gasteiger partial charge < -0.3 is 14.6 Å². The summed E-state index contributed by atoms with van der Waals surface area (Å²) in [6, 6.07) is 2.27. The molecule has 1 rings (SSSR count). The summed E-state index contributed by atoms with van der Waals surface area (Å²) in [4.78, 5) is 0. The Kier molecular flexibility index (Phi) is 5.72. The zero-order valence-electron chi connectivity index (χ0n) is 11.8. The average Bonchev–Trinajstić information content (AvgIpc) is 2.53. The Balaban J connectivity index is 2.37. The summed E-state index contributed by atoms with van der Waals surface area (Å²) < 4.78 is 7.84. The predicted molar refractivity (Wildman–Crippen MR) is 72.4 cm³/mol. The fourth-order valence-electron chi connectivity index (χ4n) is 2.13. The highest BCUT2D eigenvalue weighted by atomic mass is 16.5. The minimum absolute atomic E-state index is 0.321. The molecule has 1 N–H and O–H groups in total. The molecular formula is C14H26N2O. The molecule has 1 heterocycles. The molecule has 3 nitrogen and oxygen atoms in total. The number of hydrogen-bond donors (Lipinski definition) is 1. The van der Waals surface area contributed by atoms with Crippen LogP contribution in [-0.2, 0) is 17.8 Å².